The summed E-state index contributed by atoms with van der Waals surface area (Å²) in [5.41, 5.74) is 1.16. The molecule has 0 N–H and O–H groups in total. The van der Waals surface area contributed by atoms with Crippen molar-refractivity contribution in [3.8, 4) is 6.07 Å². The van der Waals surface area contributed by atoms with E-state index >= 15 is 0 Å². The van der Waals surface area contributed by atoms with Gasteiger partial charge in [-0.2, -0.15) is 5.26 Å². The van der Waals surface area contributed by atoms with E-state index in [-0.39, 0.29) is 5.89 Å². The first-order valence-electron chi connectivity index (χ1n) is 3.92. The molecule has 1 atom stereocenters. The van der Waals surface area contributed by atoms with Gasteiger partial charge in [0.05, 0.1) is 0 Å². The topological polar surface area (TPSA) is 79.2 Å². The number of aromatic nitrogens is 1. The lowest BCUT2D eigenvalue weighted by molar-refractivity contribution is 0.513. The second-order valence-electron chi connectivity index (χ2n) is 2.66. The first-order chi connectivity index (χ1) is 6.85. The first kappa shape index (κ1) is 8.38. The molecule has 0 aliphatic carbocycles. The molecule has 0 aliphatic heterocycles. The summed E-state index contributed by atoms with van der Waals surface area (Å²) in [6, 6.07) is 7.56. The van der Waals surface area contributed by atoms with Gasteiger partial charge in [0.1, 0.15) is 11.6 Å². The van der Waals surface area contributed by atoms with Gasteiger partial charge in [0.2, 0.25) is 5.89 Å². The highest BCUT2D eigenvalue weighted by atomic mass is 16.4. The molecule has 2 aromatic rings. The summed E-state index contributed by atoms with van der Waals surface area (Å²) in [5, 5.41) is 11.2. The van der Waals surface area contributed by atoms with Crippen LogP contribution < -0.4 is 0 Å². The van der Waals surface area contributed by atoms with Gasteiger partial charge in [-0.3, -0.25) is 0 Å². The highest BCUT2D eigenvalue weighted by Crippen LogP contribution is 2.21. The number of oxazole rings is 1. The summed E-state index contributed by atoms with van der Waals surface area (Å²) in [4.78, 5) is 14.2. The molecule has 0 spiro atoms. The van der Waals surface area contributed by atoms with Crippen LogP contribution in [0.1, 0.15) is 11.9 Å². The summed E-state index contributed by atoms with van der Waals surface area (Å²) in [6.45, 7) is 0. The summed E-state index contributed by atoms with van der Waals surface area (Å²) in [7, 11) is 0. The molecule has 1 aromatic heterocycles. The largest absolute Gasteiger partial charge is 0.437 e. The standard InChI is InChI=1S/C9H5N3O2/c10-5-7(12-13)9-11-6-3-1-2-4-8(6)14-9/h1-4,7H. The molecular weight excluding hydrogens is 182 g/mol. The molecule has 1 unspecified atom stereocenters. The minimum Gasteiger partial charge on any atom is -0.437 e. The van der Waals surface area contributed by atoms with Gasteiger partial charge < -0.3 is 4.42 Å². The minimum atomic E-state index is -1.16. The molecule has 1 aromatic carbocycles. The summed E-state index contributed by atoms with van der Waals surface area (Å²) >= 11 is 0. The molecule has 0 amide bonds. The lowest BCUT2D eigenvalue weighted by Crippen LogP contribution is -1.89. The fourth-order valence-corrected chi connectivity index (χ4v) is 1.13. The van der Waals surface area contributed by atoms with Crippen LogP contribution in [0.4, 0.5) is 0 Å². The molecule has 0 radical (unpaired) electrons. The maximum absolute atomic E-state index is 10.2. The monoisotopic (exact) mass is 187 g/mol. The Labute approximate surface area is 78.9 Å². The van der Waals surface area contributed by atoms with Crippen LogP contribution in [-0.2, 0) is 0 Å². The third kappa shape index (κ3) is 1.23. The minimum absolute atomic E-state index is 0.0451. The number of hydrogen-bond acceptors (Lipinski definition) is 5. The normalized spacial score (nSPS) is 12.2. The second kappa shape index (κ2) is 3.26. The Bertz CT molecular complexity index is 479. The van der Waals surface area contributed by atoms with Crippen molar-refractivity contribution in [3.05, 3.63) is 35.1 Å². The van der Waals surface area contributed by atoms with Crippen molar-refractivity contribution in [2.45, 2.75) is 6.04 Å². The van der Waals surface area contributed by atoms with Gasteiger partial charge in [-0.15, -0.1) is 4.91 Å². The molecule has 0 bridgehead atoms. The second-order valence-corrected chi connectivity index (χ2v) is 2.66. The Hall–Kier alpha value is -2.22. The van der Waals surface area contributed by atoms with Crippen LogP contribution in [0.25, 0.3) is 11.1 Å². The van der Waals surface area contributed by atoms with Crippen molar-refractivity contribution in [2.75, 3.05) is 0 Å². The number of hydrogen-bond donors (Lipinski definition) is 0. The first-order valence-corrected chi connectivity index (χ1v) is 3.92. The van der Waals surface area contributed by atoms with Gasteiger partial charge >= 0.3 is 0 Å². The van der Waals surface area contributed by atoms with Gasteiger partial charge in [0, 0.05) is 0 Å². The highest BCUT2D eigenvalue weighted by molar-refractivity contribution is 5.72. The van der Waals surface area contributed by atoms with Gasteiger partial charge in [-0.05, 0) is 17.3 Å². The number of nitrogens with zero attached hydrogens (tertiary/aromatic N) is 3. The van der Waals surface area contributed by atoms with Crippen molar-refractivity contribution in [1.29, 1.82) is 5.26 Å². The maximum Gasteiger partial charge on any atom is 0.253 e. The average Bonchev–Trinajstić information content (AvgIpc) is 2.63. The van der Waals surface area contributed by atoms with E-state index in [1.54, 1.807) is 30.3 Å². The van der Waals surface area contributed by atoms with Gasteiger partial charge in [-0.1, -0.05) is 12.1 Å². The fraction of sp³-hybridized carbons (Fsp3) is 0.111. The van der Waals surface area contributed by atoms with E-state index in [4.69, 9.17) is 9.68 Å². The Morgan fingerprint density at radius 2 is 2.29 bits per heavy atom. The van der Waals surface area contributed by atoms with Crippen LogP contribution in [0.3, 0.4) is 0 Å². The zero-order valence-corrected chi connectivity index (χ0v) is 7.04. The number of fused-ring (bicyclic) bond motifs is 1. The Morgan fingerprint density at radius 3 is 2.93 bits per heavy atom. The van der Waals surface area contributed by atoms with Crippen molar-refractivity contribution in [3.63, 3.8) is 0 Å². The zero-order chi connectivity index (χ0) is 9.97. The summed E-state index contributed by atoms with van der Waals surface area (Å²) in [5.74, 6) is 0.0451. The zero-order valence-electron chi connectivity index (χ0n) is 7.04. The van der Waals surface area contributed by atoms with Gasteiger partial charge in [0.25, 0.3) is 6.04 Å². The quantitative estimate of drug-likeness (QED) is 0.674. The lowest BCUT2D eigenvalue weighted by Gasteiger charge is -1.88. The number of rotatable bonds is 2. The van der Waals surface area contributed by atoms with Crippen molar-refractivity contribution < 1.29 is 4.42 Å². The predicted molar refractivity (Wildman–Crippen MR) is 48.2 cm³/mol. The van der Waals surface area contributed by atoms with E-state index in [9.17, 15) is 4.91 Å². The number of para-hydroxylation sites is 2. The van der Waals surface area contributed by atoms with E-state index in [1.165, 1.54) is 0 Å². The third-order valence-corrected chi connectivity index (χ3v) is 1.77. The number of benzene rings is 1. The molecule has 14 heavy (non-hydrogen) atoms. The van der Waals surface area contributed by atoms with E-state index in [1.807, 2.05) is 0 Å². The van der Waals surface area contributed by atoms with Crippen molar-refractivity contribution in [1.82, 2.24) is 4.98 Å². The SMILES string of the molecule is N#CC(N=O)c1nc2ccccc2o1. The van der Waals surface area contributed by atoms with E-state index in [0.29, 0.717) is 11.1 Å². The van der Waals surface area contributed by atoms with Crippen molar-refractivity contribution >= 4 is 11.1 Å². The van der Waals surface area contributed by atoms with E-state index in [2.05, 4.69) is 10.2 Å². The average molecular weight is 187 g/mol. The van der Waals surface area contributed by atoms with Crippen LogP contribution in [0.2, 0.25) is 0 Å². The molecule has 68 valence electrons. The molecule has 0 saturated heterocycles. The van der Waals surface area contributed by atoms with E-state index < -0.39 is 6.04 Å². The maximum atomic E-state index is 10.2. The molecule has 5 heteroatoms. The Kier molecular flexibility index (Phi) is 1.95. The Morgan fingerprint density at radius 1 is 1.50 bits per heavy atom. The van der Waals surface area contributed by atoms with Crippen LogP contribution in [0.5, 0.6) is 0 Å². The van der Waals surface area contributed by atoms with E-state index in [0.717, 1.165) is 0 Å². The fourth-order valence-electron chi connectivity index (χ4n) is 1.13. The van der Waals surface area contributed by atoms with Crippen molar-refractivity contribution in [2.24, 2.45) is 5.18 Å². The van der Waals surface area contributed by atoms with Crippen LogP contribution >= 0.6 is 0 Å². The van der Waals surface area contributed by atoms with Gasteiger partial charge in [-0.25, -0.2) is 4.98 Å². The molecule has 0 fully saturated rings. The summed E-state index contributed by atoms with van der Waals surface area (Å²) < 4.78 is 5.18. The predicted octanol–water partition coefficient (Wildman–Crippen LogP) is 2.16. The van der Waals surface area contributed by atoms with Gasteiger partial charge in [0.15, 0.2) is 5.58 Å². The molecule has 2 rings (SSSR count). The molecule has 0 saturated carbocycles. The molecule has 5 nitrogen and oxygen atoms in total. The Balaban J connectivity index is 2.55. The molecular formula is C9H5N3O2. The van der Waals surface area contributed by atoms with Crippen LogP contribution in [-0.4, -0.2) is 4.98 Å². The number of nitroso groups, excluding NO2 is 1. The lowest BCUT2D eigenvalue weighted by atomic mass is 10.3. The molecule has 1 heterocycles. The summed E-state index contributed by atoms with van der Waals surface area (Å²) in [6.07, 6.45) is 0. The third-order valence-electron chi connectivity index (χ3n) is 1.77. The van der Waals surface area contributed by atoms with Crippen LogP contribution in [0, 0.1) is 16.2 Å². The van der Waals surface area contributed by atoms with Crippen LogP contribution in [0.15, 0.2) is 33.9 Å². The highest BCUT2D eigenvalue weighted by Gasteiger charge is 2.17. The number of nitriles is 1. The molecule has 0 aliphatic rings. The smallest absolute Gasteiger partial charge is 0.253 e.